The standard InChI is InChI=1S/C6H6N2O2.C2H7NO/c7-5-2-1-3-6(4-5)8(9)10;3-1-2-4/h1-4H,7H2;4H,1-3H2. The van der Waals surface area contributed by atoms with Gasteiger partial charge in [0.15, 0.2) is 0 Å². The maximum absolute atomic E-state index is 10.1. The normalized spacial score (nSPS) is 8.71. The van der Waals surface area contributed by atoms with Crippen LogP contribution >= 0.6 is 0 Å². The van der Waals surface area contributed by atoms with E-state index in [0.717, 1.165) is 0 Å². The summed E-state index contributed by atoms with van der Waals surface area (Å²) in [6.07, 6.45) is 0. The van der Waals surface area contributed by atoms with Crippen molar-refractivity contribution in [1.29, 1.82) is 0 Å². The summed E-state index contributed by atoms with van der Waals surface area (Å²) in [5.74, 6) is 0. The number of aliphatic hydroxyl groups is 1. The first-order valence-corrected chi connectivity index (χ1v) is 3.92. The summed E-state index contributed by atoms with van der Waals surface area (Å²) in [5, 5.41) is 17.9. The predicted octanol–water partition coefficient (Wildman–Crippen LogP) is 0.114. The Bertz CT molecular complexity index is 289. The van der Waals surface area contributed by atoms with Crippen molar-refractivity contribution >= 4 is 11.4 Å². The van der Waals surface area contributed by atoms with Crippen molar-refractivity contribution in [1.82, 2.24) is 0 Å². The van der Waals surface area contributed by atoms with Crippen molar-refractivity contribution in [3.63, 3.8) is 0 Å². The molecule has 1 rings (SSSR count). The highest BCUT2D eigenvalue weighted by molar-refractivity contribution is 5.46. The molecule has 0 radical (unpaired) electrons. The highest BCUT2D eigenvalue weighted by Gasteiger charge is 2.02. The highest BCUT2D eigenvalue weighted by atomic mass is 16.6. The number of hydrogen-bond donors (Lipinski definition) is 3. The Kier molecular flexibility index (Phi) is 6.01. The molecule has 5 N–H and O–H groups in total. The second kappa shape index (κ2) is 6.81. The van der Waals surface area contributed by atoms with Crippen LogP contribution in [0.3, 0.4) is 0 Å². The number of benzene rings is 1. The Morgan fingerprint density at radius 1 is 1.50 bits per heavy atom. The van der Waals surface area contributed by atoms with E-state index >= 15 is 0 Å². The summed E-state index contributed by atoms with van der Waals surface area (Å²) < 4.78 is 0. The number of nitrogens with two attached hydrogens (primary N) is 2. The predicted molar refractivity (Wildman–Crippen MR) is 53.6 cm³/mol. The zero-order chi connectivity index (χ0) is 11.0. The number of aliphatic hydroxyl groups excluding tert-OH is 1. The van der Waals surface area contributed by atoms with Crippen LogP contribution in [0.4, 0.5) is 11.4 Å². The van der Waals surface area contributed by atoms with Crippen LogP contribution in [0.25, 0.3) is 0 Å². The molecule has 0 bridgehead atoms. The monoisotopic (exact) mass is 199 g/mol. The van der Waals surface area contributed by atoms with Crippen molar-refractivity contribution in [2.45, 2.75) is 0 Å². The third-order valence-electron chi connectivity index (χ3n) is 1.21. The number of non-ortho nitro benzene ring substituents is 1. The molecule has 0 saturated carbocycles. The molecule has 0 unspecified atom stereocenters. The van der Waals surface area contributed by atoms with Crippen LogP contribution in [0.5, 0.6) is 0 Å². The van der Waals surface area contributed by atoms with Crippen LogP contribution in [-0.4, -0.2) is 23.2 Å². The van der Waals surface area contributed by atoms with E-state index < -0.39 is 4.92 Å². The zero-order valence-electron chi connectivity index (χ0n) is 7.59. The Morgan fingerprint density at radius 3 is 2.36 bits per heavy atom. The number of nitro benzene ring substituents is 1. The van der Waals surface area contributed by atoms with E-state index in [2.05, 4.69) is 0 Å². The molecule has 0 atom stereocenters. The number of nitro groups is 1. The van der Waals surface area contributed by atoms with Gasteiger partial charge in [-0.05, 0) is 6.07 Å². The molecule has 1 aromatic carbocycles. The highest BCUT2D eigenvalue weighted by Crippen LogP contribution is 2.13. The number of hydrogen-bond acceptors (Lipinski definition) is 5. The fourth-order valence-corrected chi connectivity index (χ4v) is 0.638. The second-order valence-electron chi connectivity index (χ2n) is 2.36. The smallest absolute Gasteiger partial charge is 0.271 e. The Morgan fingerprint density at radius 2 is 2.07 bits per heavy atom. The van der Waals surface area contributed by atoms with E-state index in [9.17, 15) is 10.1 Å². The van der Waals surface area contributed by atoms with Gasteiger partial charge in [0.2, 0.25) is 0 Å². The van der Waals surface area contributed by atoms with Crippen molar-refractivity contribution < 1.29 is 10.0 Å². The van der Waals surface area contributed by atoms with Crippen LogP contribution in [0.15, 0.2) is 24.3 Å². The van der Waals surface area contributed by atoms with Gasteiger partial charge in [-0.25, -0.2) is 0 Å². The van der Waals surface area contributed by atoms with Crippen LogP contribution in [0, 0.1) is 10.1 Å². The first-order valence-electron chi connectivity index (χ1n) is 3.92. The quantitative estimate of drug-likeness (QED) is 0.355. The number of nitrogens with zero attached hydrogens (tertiary/aromatic N) is 1. The lowest BCUT2D eigenvalue weighted by Gasteiger charge is -1.90. The van der Waals surface area contributed by atoms with Gasteiger partial charge in [-0.2, -0.15) is 0 Å². The van der Waals surface area contributed by atoms with E-state index in [1.807, 2.05) is 0 Å². The minimum Gasteiger partial charge on any atom is -0.399 e. The molecular weight excluding hydrogens is 186 g/mol. The van der Waals surface area contributed by atoms with E-state index in [0.29, 0.717) is 12.2 Å². The molecule has 0 aromatic heterocycles. The van der Waals surface area contributed by atoms with Gasteiger partial charge in [0.05, 0.1) is 11.5 Å². The molecule has 0 aliphatic rings. The molecule has 1 aromatic rings. The molecule has 6 nitrogen and oxygen atoms in total. The Labute approximate surface area is 81.3 Å². The van der Waals surface area contributed by atoms with Crippen molar-refractivity contribution in [2.75, 3.05) is 18.9 Å². The molecule has 0 fully saturated rings. The summed E-state index contributed by atoms with van der Waals surface area (Å²) in [7, 11) is 0. The fourth-order valence-electron chi connectivity index (χ4n) is 0.638. The van der Waals surface area contributed by atoms with Crippen molar-refractivity contribution in [3.05, 3.63) is 34.4 Å². The summed E-state index contributed by atoms with van der Waals surface area (Å²) in [4.78, 5) is 9.63. The van der Waals surface area contributed by atoms with Crippen LogP contribution in [0.2, 0.25) is 0 Å². The van der Waals surface area contributed by atoms with Gasteiger partial charge in [0.25, 0.3) is 5.69 Å². The molecule has 0 aliphatic carbocycles. The molecule has 0 heterocycles. The zero-order valence-corrected chi connectivity index (χ0v) is 7.59. The second-order valence-corrected chi connectivity index (χ2v) is 2.36. The van der Waals surface area contributed by atoms with E-state index in [4.69, 9.17) is 16.6 Å². The lowest BCUT2D eigenvalue weighted by atomic mass is 10.3. The Balaban J connectivity index is 0.000000364. The minimum absolute atomic E-state index is 0.0278. The number of anilines is 1. The first-order chi connectivity index (χ1) is 6.61. The lowest BCUT2D eigenvalue weighted by molar-refractivity contribution is -0.384. The summed E-state index contributed by atoms with van der Waals surface area (Å²) in [5.41, 5.74) is 10.5. The first kappa shape index (κ1) is 12.3. The lowest BCUT2D eigenvalue weighted by Crippen LogP contribution is -2.02. The summed E-state index contributed by atoms with van der Waals surface area (Å²) in [6.45, 7) is 0.472. The van der Waals surface area contributed by atoms with Gasteiger partial charge in [0, 0.05) is 24.4 Å². The summed E-state index contributed by atoms with van der Waals surface area (Å²) in [6, 6.07) is 5.87. The summed E-state index contributed by atoms with van der Waals surface area (Å²) >= 11 is 0. The average Bonchev–Trinajstić information content (AvgIpc) is 2.18. The van der Waals surface area contributed by atoms with E-state index in [1.165, 1.54) is 12.1 Å². The number of nitrogen functional groups attached to an aromatic ring is 1. The van der Waals surface area contributed by atoms with Gasteiger partial charge in [0.1, 0.15) is 0 Å². The van der Waals surface area contributed by atoms with Crippen LogP contribution < -0.4 is 11.5 Å². The van der Waals surface area contributed by atoms with Crippen LogP contribution in [-0.2, 0) is 0 Å². The van der Waals surface area contributed by atoms with Gasteiger partial charge in [-0.15, -0.1) is 0 Å². The van der Waals surface area contributed by atoms with Gasteiger partial charge >= 0.3 is 0 Å². The van der Waals surface area contributed by atoms with Gasteiger partial charge < -0.3 is 16.6 Å². The third-order valence-corrected chi connectivity index (χ3v) is 1.21. The molecule has 0 spiro atoms. The molecular formula is C8H13N3O3. The largest absolute Gasteiger partial charge is 0.399 e. The molecule has 14 heavy (non-hydrogen) atoms. The van der Waals surface area contributed by atoms with E-state index in [1.54, 1.807) is 12.1 Å². The fraction of sp³-hybridized carbons (Fsp3) is 0.250. The van der Waals surface area contributed by atoms with Crippen LogP contribution in [0.1, 0.15) is 0 Å². The maximum Gasteiger partial charge on any atom is 0.271 e. The maximum atomic E-state index is 10.1. The average molecular weight is 199 g/mol. The van der Waals surface area contributed by atoms with E-state index in [-0.39, 0.29) is 12.3 Å². The number of rotatable bonds is 2. The topological polar surface area (TPSA) is 115 Å². The SMILES string of the molecule is NCCO.Nc1cccc([N+](=O)[O-])c1. The molecule has 0 aliphatic heterocycles. The molecule has 6 heteroatoms. The van der Waals surface area contributed by atoms with Gasteiger partial charge in [-0.1, -0.05) is 6.07 Å². The molecule has 78 valence electrons. The van der Waals surface area contributed by atoms with Gasteiger partial charge in [-0.3, -0.25) is 10.1 Å². The molecule has 0 amide bonds. The van der Waals surface area contributed by atoms with Crippen molar-refractivity contribution in [3.8, 4) is 0 Å². The van der Waals surface area contributed by atoms with Crippen molar-refractivity contribution in [2.24, 2.45) is 5.73 Å². The third kappa shape index (κ3) is 5.07. The minimum atomic E-state index is -0.476. The Hall–Kier alpha value is -1.66. The molecule has 0 saturated heterocycles.